The van der Waals surface area contributed by atoms with Crippen molar-refractivity contribution in [2.24, 2.45) is 0 Å². The zero-order chi connectivity index (χ0) is 15.5. The molecule has 0 bridgehead atoms. The van der Waals surface area contributed by atoms with Gasteiger partial charge in [0.25, 0.3) is 6.43 Å². The van der Waals surface area contributed by atoms with Crippen LogP contribution in [0.5, 0.6) is 0 Å². The highest BCUT2D eigenvalue weighted by atomic mass is 127. The molecular formula is C11H9F5INO2. The highest BCUT2D eigenvalue weighted by molar-refractivity contribution is 14.1. The SMILES string of the molecule is CCOC(=O)Cc1cnc(C(F)F)c(C(F)(F)F)c1I. The summed E-state index contributed by atoms with van der Waals surface area (Å²) in [7, 11) is 0. The van der Waals surface area contributed by atoms with Gasteiger partial charge in [-0.25, -0.2) is 8.78 Å². The highest BCUT2D eigenvalue weighted by Crippen LogP contribution is 2.39. The van der Waals surface area contributed by atoms with E-state index in [1.807, 2.05) is 0 Å². The molecule has 0 saturated heterocycles. The highest BCUT2D eigenvalue weighted by Gasteiger charge is 2.40. The Morgan fingerprint density at radius 1 is 1.45 bits per heavy atom. The molecule has 3 nitrogen and oxygen atoms in total. The van der Waals surface area contributed by atoms with Gasteiger partial charge in [0.1, 0.15) is 5.69 Å². The number of hydrogen-bond acceptors (Lipinski definition) is 3. The minimum absolute atomic E-state index is 0.0735. The topological polar surface area (TPSA) is 39.2 Å². The maximum Gasteiger partial charge on any atom is 0.419 e. The van der Waals surface area contributed by atoms with Gasteiger partial charge in [-0.1, -0.05) is 0 Å². The molecule has 112 valence electrons. The van der Waals surface area contributed by atoms with Crippen molar-refractivity contribution in [3.63, 3.8) is 0 Å². The first kappa shape index (κ1) is 17.1. The van der Waals surface area contributed by atoms with Crippen molar-refractivity contribution in [1.82, 2.24) is 4.98 Å². The fraction of sp³-hybridized carbons (Fsp3) is 0.455. The average molecular weight is 409 g/mol. The maximum atomic E-state index is 12.8. The van der Waals surface area contributed by atoms with Crippen molar-refractivity contribution in [3.8, 4) is 0 Å². The van der Waals surface area contributed by atoms with Gasteiger partial charge in [-0.05, 0) is 35.1 Å². The fourth-order valence-electron chi connectivity index (χ4n) is 1.47. The Morgan fingerprint density at radius 3 is 2.50 bits per heavy atom. The molecule has 0 spiro atoms. The van der Waals surface area contributed by atoms with Gasteiger partial charge in [0.2, 0.25) is 0 Å². The summed E-state index contributed by atoms with van der Waals surface area (Å²) in [5.74, 6) is -0.745. The summed E-state index contributed by atoms with van der Waals surface area (Å²) in [4.78, 5) is 14.4. The molecular weight excluding hydrogens is 400 g/mol. The van der Waals surface area contributed by atoms with E-state index in [2.05, 4.69) is 9.72 Å². The molecule has 1 aromatic heterocycles. The number of halogens is 6. The van der Waals surface area contributed by atoms with Crippen LogP contribution in [0.2, 0.25) is 0 Å². The van der Waals surface area contributed by atoms with E-state index in [1.54, 1.807) is 6.92 Å². The largest absolute Gasteiger partial charge is 0.466 e. The second kappa shape index (κ2) is 6.64. The third-order valence-corrected chi connectivity index (χ3v) is 3.48. The van der Waals surface area contributed by atoms with Crippen molar-refractivity contribution >= 4 is 28.6 Å². The Hall–Kier alpha value is -1.00. The van der Waals surface area contributed by atoms with Crippen molar-refractivity contribution in [2.75, 3.05) is 6.61 Å². The number of aromatic nitrogens is 1. The van der Waals surface area contributed by atoms with Crippen LogP contribution in [0.15, 0.2) is 6.20 Å². The lowest BCUT2D eigenvalue weighted by molar-refractivity contribution is -0.143. The Morgan fingerprint density at radius 2 is 2.05 bits per heavy atom. The summed E-state index contributed by atoms with van der Waals surface area (Å²) in [6.45, 7) is 1.62. The summed E-state index contributed by atoms with van der Waals surface area (Å²) in [5.41, 5.74) is -2.94. The summed E-state index contributed by atoms with van der Waals surface area (Å²) >= 11 is 1.29. The van der Waals surface area contributed by atoms with Crippen LogP contribution < -0.4 is 0 Å². The number of alkyl halides is 5. The van der Waals surface area contributed by atoms with Crippen LogP contribution in [0.1, 0.15) is 30.2 Å². The predicted molar refractivity (Wildman–Crippen MR) is 67.3 cm³/mol. The summed E-state index contributed by atoms with van der Waals surface area (Å²) < 4.78 is 67.9. The van der Waals surface area contributed by atoms with Crippen molar-refractivity contribution in [3.05, 3.63) is 26.6 Å². The number of esters is 1. The normalized spacial score (nSPS) is 11.8. The first-order valence-corrected chi connectivity index (χ1v) is 6.44. The standard InChI is InChI=1S/C11H9F5INO2/c1-2-20-6(19)3-5-4-18-9(10(12)13)7(8(5)17)11(14,15)16/h4,10H,2-3H2,1H3. The second-order valence-corrected chi connectivity index (χ2v) is 4.72. The molecule has 0 aliphatic rings. The molecule has 1 aromatic rings. The molecule has 0 aliphatic heterocycles. The van der Waals surface area contributed by atoms with Crippen molar-refractivity contribution < 1.29 is 31.5 Å². The lowest BCUT2D eigenvalue weighted by Gasteiger charge is -2.16. The lowest BCUT2D eigenvalue weighted by atomic mass is 10.1. The smallest absolute Gasteiger partial charge is 0.419 e. The third kappa shape index (κ3) is 4.00. The second-order valence-electron chi connectivity index (χ2n) is 3.64. The van der Waals surface area contributed by atoms with Gasteiger partial charge in [-0.15, -0.1) is 0 Å². The third-order valence-electron chi connectivity index (χ3n) is 2.25. The molecule has 0 aromatic carbocycles. The molecule has 0 saturated carbocycles. The van der Waals surface area contributed by atoms with Gasteiger partial charge in [-0.3, -0.25) is 9.78 Å². The summed E-state index contributed by atoms with van der Waals surface area (Å²) in [5, 5.41) is 0. The first-order chi connectivity index (χ1) is 9.18. The molecule has 0 unspecified atom stereocenters. The van der Waals surface area contributed by atoms with E-state index in [4.69, 9.17) is 0 Å². The van der Waals surface area contributed by atoms with E-state index in [1.165, 1.54) is 22.6 Å². The van der Waals surface area contributed by atoms with E-state index in [0.717, 1.165) is 6.20 Å². The van der Waals surface area contributed by atoms with Crippen molar-refractivity contribution in [1.29, 1.82) is 0 Å². The van der Waals surface area contributed by atoms with E-state index in [9.17, 15) is 26.7 Å². The van der Waals surface area contributed by atoms with Gasteiger partial charge in [0.15, 0.2) is 0 Å². The van der Waals surface area contributed by atoms with Gasteiger partial charge in [0.05, 0.1) is 18.6 Å². The first-order valence-electron chi connectivity index (χ1n) is 5.36. The number of hydrogen-bond donors (Lipinski definition) is 0. The lowest BCUT2D eigenvalue weighted by Crippen LogP contribution is -2.17. The molecule has 0 atom stereocenters. The zero-order valence-electron chi connectivity index (χ0n) is 10.1. The molecule has 0 aliphatic carbocycles. The molecule has 0 amide bonds. The number of carbonyl (C=O) groups is 1. The van der Waals surface area contributed by atoms with E-state index in [0.29, 0.717) is 0 Å². The Kier molecular flexibility index (Phi) is 5.66. The molecule has 9 heteroatoms. The van der Waals surface area contributed by atoms with Crippen LogP contribution in [-0.2, 0) is 22.1 Å². The van der Waals surface area contributed by atoms with Crippen LogP contribution in [0, 0.1) is 3.57 Å². The molecule has 0 N–H and O–H groups in total. The van der Waals surface area contributed by atoms with Crippen LogP contribution in [0.25, 0.3) is 0 Å². The van der Waals surface area contributed by atoms with Crippen LogP contribution in [-0.4, -0.2) is 17.6 Å². The Balaban J connectivity index is 3.28. The van der Waals surface area contributed by atoms with Gasteiger partial charge >= 0.3 is 12.1 Å². The van der Waals surface area contributed by atoms with Crippen LogP contribution in [0.3, 0.4) is 0 Å². The van der Waals surface area contributed by atoms with Gasteiger partial charge in [0, 0.05) is 9.77 Å². The van der Waals surface area contributed by atoms with Gasteiger partial charge in [-0.2, -0.15) is 13.2 Å². The molecule has 1 rings (SSSR count). The van der Waals surface area contributed by atoms with E-state index in [-0.39, 0.29) is 12.2 Å². The summed E-state index contributed by atoms with van der Waals surface area (Å²) in [6, 6.07) is 0. The number of carbonyl (C=O) groups excluding carboxylic acids is 1. The van der Waals surface area contributed by atoms with E-state index < -0.39 is 39.8 Å². The van der Waals surface area contributed by atoms with Crippen LogP contribution in [0.4, 0.5) is 22.0 Å². The minimum atomic E-state index is -4.97. The fourth-order valence-corrected chi connectivity index (χ4v) is 2.38. The maximum absolute atomic E-state index is 12.8. The van der Waals surface area contributed by atoms with Gasteiger partial charge < -0.3 is 4.74 Å². The molecule has 0 fully saturated rings. The van der Waals surface area contributed by atoms with Crippen LogP contribution >= 0.6 is 22.6 Å². The summed E-state index contributed by atoms with van der Waals surface area (Å²) in [6.07, 6.45) is -7.93. The molecule has 0 radical (unpaired) electrons. The monoisotopic (exact) mass is 409 g/mol. The number of ether oxygens (including phenoxy) is 1. The Labute approximate surface area is 124 Å². The van der Waals surface area contributed by atoms with Crippen molar-refractivity contribution in [2.45, 2.75) is 25.9 Å². The Bertz CT molecular complexity index is 504. The number of nitrogens with zero attached hydrogens (tertiary/aromatic N) is 1. The molecule has 1 heterocycles. The number of pyridine rings is 1. The zero-order valence-corrected chi connectivity index (χ0v) is 12.3. The quantitative estimate of drug-likeness (QED) is 0.432. The number of rotatable bonds is 4. The predicted octanol–water partition coefficient (Wildman–Crippen LogP) is 3.75. The average Bonchev–Trinajstić information content (AvgIpc) is 2.29. The van der Waals surface area contributed by atoms with E-state index >= 15 is 0 Å². The minimum Gasteiger partial charge on any atom is -0.466 e. The molecule has 20 heavy (non-hydrogen) atoms.